The lowest BCUT2D eigenvalue weighted by Crippen LogP contribution is -2.26. The smallest absolute Gasteiger partial charge is 0.267 e. The summed E-state index contributed by atoms with van der Waals surface area (Å²) in [4.78, 5) is 11.8. The fourth-order valence-corrected chi connectivity index (χ4v) is 1.65. The van der Waals surface area contributed by atoms with E-state index < -0.39 is 0 Å². The van der Waals surface area contributed by atoms with Gasteiger partial charge in [-0.3, -0.25) is 4.79 Å². The number of nitrogens with two attached hydrogens (primary N) is 1. The molecule has 1 heterocycles. The normalized spacial score (nSPS) is 10.9. The van der Waals surface area contributed by atoms with E-state index >= 15 is 0 Å². The van der Waals surface area contributed by atoms with Gasteiger partial charge in [-0.25, -0.2) is 0 Å². The first-order chi connectivity index (χ1) is 8.50. The van der Waals surface area contributed by atoms with Crippen LogP contribution in [0.1, 0.15) is 37.2 Å². The van der Waals surface area contributed by atoms with Crippen molar-refractivity contribution in [2.75, 3.05) is 18.9 Å². The second-order valence-corrected chi connectivity index (χ2v) is 4.65. The highest BCUT2D eigenvalue weighted by molar-refractivity contribution is 5.93. The first-order valence-corrected chi connectivity index (χ1v) is 6.32. The van der Waals surface area contributed by atoms with Crippen LogP contribution in [0.5, 0.6) is 0 Å². The molecule has 0 radical (unpaired) electrons. The van der Waals surface area contributed by atoms with E-state index in [1.54, 1.807) is 16.8 Å². The van der Waals surface area contributed by atoms with E-state index in [-0.39, 0.29) is 12.0 Å². The van der Waals surface area contributed by atoms with Crippen molar-refractivity contribution in [1.82, 2.24) is 9.88 Å². The lowest BCUT2D eigenvalue weighted by molar-refractivity contribution is 0.0754. The Bertz CT molecular complexity index is 386. The minimum absolute atomic E-state index is 0.0843. The summed E-state index contributed by atoms with van der Waals surface area (Å²) in [7, 11) is 1.81. The van der Waals surface area contributed by atoms with Gasteiger partial charge in [-0.2, -0.15) is 0 Å². The summed E-state index contributed by atoms with van der Waals surface area (Å²) in [6, 6.07) is 1.68. The molecule has 0 saturated heterocycles. The first-order valence-electron chi connectivity index (χ1n) is 6.32. The highest BCUT2D eigenvalue weighted by Crippen LogP contribution is 2.08. The number of nitrogens with one attached hydrogen (secondary N) is 1. The van der Waals surface area contributed by atoms with Gasteiger partial charge in [-0.15, -0.1) is 0 Å². The molecule has 0 unspecified atom stereocenters. The standard InChI is InChI=1S/C13H23N3O2/c1-10(2)18-7-5-4-6-15-13(17)12-8-11(14)9-16(12)3/h8-10H,4-7,14H2,1-3H3,(H,15,17). The number of amides is 1. The van der Waals surface area contributed by atoms with Crippen LogP contribution in [0.25, 0.3) is 0 Å². The number of carbonyl (C=O) groups excluding carboxylic acids is 1. The SMILES string of the molecule is CC(C)OCCCCNC(=O)c1cc(N)cn1C. The van der Waals surface area contributed by atoms with Gasteiger partial charge in [-0.1, -0.05) is 0 Å². The van der Waals surface area contributed by atoms with E-state index in [0.717, 1.165) is 19.4 Å². The van der Waals surface area contributed by atoms with E-state index in [9.17, 15) is 4.79 Å². The molecular formula is C13H23N3O2. The molecular weight excluding hydrogens is 230 g/mol. The third-order valence-electron chi connectivity index (χ3n) is 2.57. The molecule has 18 heavy (non-hydrogen) atoms. The van der Waals surface area contributed by atoms with E-state index in [4.69, 9.17) is 10.5 Å². The van der Waals surface area contributed by atoms with Crippen LogP contribution in [-0.4, -0.2) is 29.7 Å². The Kier molecular flexibility index (Phi) is 5.71. The van der Waals surface area contributed by atoms with Gasteiger partial charge in [-0.05, 0) is 32.8 Å². The van der Waals surface area contributed by atoms with Crippen LogP contribution < -0.4 is 11.1 Å². The van der Waals surface area contributed by atoms with E-state index in [0.29, 0.717) is 17.9 Å². The fourth-order valence-electron chi connectivity index (χ4n) is 1.65. The molecule has 0 aromatic carbocycles. The Morgan fingerprint density at radius 1 is 1.50 bits per heavy atom. The fraction of sp³-hybridized carbons (Fsp3) is 0.615. The summed E-state index contributed by atoms with van der Waals surface area (Å²) in [6.45, 7) is 5.43. The molecule has 0 bridgehead atoms. The Labute approximate surface area is 108 Å². The summed E-state index contributed by atoms with van der Waals surface area (Å²) >= 11 is 0. The maximum atomic E-state index is 11.8. The van der Waals surface area contributed by atoms with Gasteiger partial charge < -0.3 is 20.4 Å². The van der Waals surface area contributed by atoms with Crippen LogP contribution in [0, 0.1) is 0 Å². The third-order valence-corrected chi connectivity index (χ3v) is 2.57. The van der Waals surface area contributed by atoms with Crippen LogP contribution in [0.3, 0.4) is 0 Å². The highest BCUT2D eigenvalue weighted by Gasteiger charge is 2.09. The molecule has 1 aromatic rings. The van der Waals surface area contributed by atoms with Gasteiger partial charge in [0.2, 0.25) is 0 Å². The number of nitrogens with zero attached hydrogens (tertiary/aromatic N) is 1. The first kappa shape index (κ1) is 14.6. The summed E-state index contributed by atoms with van der Waals surface area (Å²) in [5.74, 6) is -0.0843. The number of unbranched alkanes of at least 4 members (excludes halogenated alkanes) is 1. The Morgan fingerprint density at radius 2 is 2.22 bits per heavy atom. The number of rotatable bonds is 7. The number of aryl methyl sites for hydroxylation is 1. The number of hydrogen-bond donors (Lipinski definition) is 2. The van der Waals surface area contributed by atoms with Crippen molar-refractivity contribution in [1.29, 1.82) is 0 Å². The predicted molar refractivity (Wildman–Crippen MR) is 72.5 cm³/mol. The molecule has 5 nitrogen and oxygen atoms in total. The van der Waals surface area contributed by atoms with Crippen LogP contribution in [0.15, 0.2) is 12.3 Å². The molecule has 0 aliphatic heterocycles. The van der Waals surface area contributed by atoms with E-state index in [1.165, 1.54) is 0 Å². The van der Waals surface area contributed by atoms with Crippen molar-refractivity contribution in [2.45, 2.75) is 32.8 Å². The molecule has 1 amide bonds. The van der Waals surface area contributed by atoms with Crippen molar-refractivity contribution >= 4 is 11.6 Å². The predicted octanol–water partition coefficient (Wildman–Crippen LogP) is 1.54. The second kappa shape index (κ2) is 7.06. The molecule has 0 aliphatic rings. The number of nitrogen functional groups attached to an aromatic ring is 1. The van der Waals surface area contributed by atoms with Crippen molar-refractivity contribution in [3.05, 3.63) is 18.0 Å². The summed E-state index contributed by atoms with van der Waals surface area (Å²) < 4.78 is 7.15. The number of anilines is 1. The summed E-state index contributed by atoms with van der Waals surface area (Å²) in [5, 5.41) is 2.87. The third kappa shape index (κ3) is 4.79. The zero-order chi connectivity index (χ0) is 13.5. The number of hydrogen-bond acceptors (Lipinski definition) is 3. The van der Waals surface area contributed by atoms with Crippen molar-refractivity contribution in [3.8, 4) is 0 Å². The number of carbonyl (C=O) groups is 1. The molecule has 1 rings (SSSR count). The average Bonchev–Trinajstić information content (AvgIpc) is 2.62. The monoisotopic (exact) mass is 253 g/mol. The Morgan fingerprint density at radius 3 is 2.78 bits per heavy atom. The van der Waals surface area contributed by atoms with E-state index in [1.807, 2.05) is 20.9 Å². The van der Waals surface area contributed by atoms with Gasteiger partial charge in [0, 0.05) is 26.4 Å². The van der Waals surface area contributed by atoms with E-state index in [2.05, 4.69) is 5.32 Å². The average molecular weight is 253 g/mol. The second-order valence-electron chi connectivity index (χ2n) is 4.65. The van der Waals surface area contributed by atoms with Gasteiger partial charge in [0.1, 0.15) is 5.69 Å². The zero-order valence-electron chi connectivity index (χ0n) is 11.4. The Hall–Kier alpha value is -1.49. The number of ether oxygens (including phenoxy) is 1. The highest BCUT2D eigenvalue weighted by atomic mass is 16.5. The van der Waals surface area contributed by atoms with Gasteiger partial charge in [0.25, 0.3) is 5.91 Å². The van der Waals surface area contributed by atoms with Crippen LogP contribution in [0.4, 0.5) is 5.69 Å². The maximum absolute atomic E-state index is 11.8. The molecule has 5 heteroatoms. The largest absolute Gasteiger partial charge is 0.397 e. The van der Waals surface area contributed by atoms with Crippen LogP contribution in [-0.2, 0) is 11.8 Å². The summed E-state index contributed by atoms with van der Waals surface area (Å²) in [6.07, 6.45) is 3.86. The number of aromatic nitrogens is 1. The van der Waals surface area contributed by atoms with Crippen LogP contribution >= 0.6 is 0 Å². The molecule has 0 fully saturated rings. The molecule has 0 spiro atoms. The van der Waals surface area contributed by atoms with Crippen molar-refractivity contribution in [3.63, 3.8) is 0 Å². The minimum Gasteiger partial charge on any atom is -0.397 e. The van der Waals surface area contributed by atoms with Crippen molar-refractivity contribution in [2.24, 2.45) is 7.05 Å². The van der Waals surface area contributed by atoms with Crippen molar-refractivity contribution < 1.29 is 9.53 Å². The lowest BCUT2D eigenvalue weighted by atomic mass is 10.3. The zero-order valence-corrected chi connectivity index (χ0v) is 11.4. The quantitative estimate of drug-likeness (QED) is 0.724. The van der Waals surface area contributed by atoms with Gasteiger partial charge >= 0.3 is 0 Å². The molecule has 0 saturated carbocycles. The molecule has 1 aromatic heterocycles. The molecule has 0 aliphatic carbocycles. The lowest BCUT2D eigenvalue weighted by Gasteiger charge is -2.08. The van der Waals surface area contributed by atoms with Crippen LogP contribution in [0.2, 0.25) is 0 Å². The molecule has 3 N–H and O–H groups in total. The molecule has 102 valence electrons. The summed E-state index contributed by atoms with van der Waals surface area (Å²) in [5.41, 5.74) is 6.82. The van der Waals surface area contributed by atoms with Gasteiger partial charge in [0.15, 0.2) is 0 Å². The minimum atomic E-state index is -0.0843. The molecule has 0 atom stereocenters. The Balaban J connectivity index is 2.20. The van der Waals surface area contributed by atoms with Gasteiger partial charge in [0.05, 0.1) is 11.8 Å². The topological polar surface area (TPSA) is 69.3 Å². The maximum Gasteiger partial charge on any atom is 0.267 e.